The first kappa shape index (κ1) is 19.0. The largest absolute Gasteiger partial charge is 0.381 e. The summed E-state index contributed by atoms with van der Waals surface area (Å²) in [6.45, 7) is 10.3. The number of aliphatic imine (C=N–C) groups is 1. The molecular formula is C15H31N3OS2. The van der Waals surface area contributed by atoms with Gasteiger partial charge in [-0.2, -0.15) is 23.5 Å². The van der Waals surface area contributed by atoms with Crippen LogP contribution in [-0.2, 0) is 4.74 Å². The lowest BCUT2D eigenvalue weighted by Crippen LogP contribution is -2.49. The van der Waals surface area contributed by atoms with Crippen LogP contribution in [0.4, 0.5) is 0 Å². The van der Waals surface area contributed by atoms with E-state index in [0.717, 1.165) is 50.9 Å². The Kier molecular flexibility index (Phi) is 8.27. The van der Waals surface area contributed by atoms with Crippen molar-refractivity contribution in [2.24, 2.45) is 4.99 Å². The maximum Gasteiger partial charge on any atom is 0.191 e. The minimum absolute atomic E-state index is 0.214. The highest BCUT2D eigenvalue weighted by Gasteiger charge is 2.32. The summed E-state index contributed by atoms with van der Waals surface area (Å²) in [5, 5.41) is 6.95. The molecule has 0 saturated carbocycles. The summed E-state index contributed by atoms with van der Waals surface area (Å²) in [6, 6.07) is 0. The number of guanidine groups is 1. The van der Waals surface area contributed by atoms with Gasteiger partial charge in [-0.05, 0) is 38.7 Å². The number of ether oxygens (including phenoxy) is 1. The first-order valence-corrected chi connectivity index (χ1v) is 9.89. The van der Waals surface area contributed by atoms with Crippen LogP contribution in [0.2, 0.25) is 0 Å². The standard InChI is InChI=1S/C15H31N3OS2/c1-6-21-15(7-9-19-10-8-15)12-18-13(16-4)17-11-14(2,3)20-5/h6-12H2,1-5H3,(H2,16,17,18). The van der Waals surface area contributed by atoms with E-state index in [1.165, 1.54) is 0 Å². The average Bonchev–Trinajstić information content (AvgIpc) is 2.49. The molecule has 1 saturated heterocycles. The molecule has 124 valence electrons. The quantitative estimate of drug-likeness (QED) is 0.554. The molecule has 1 rings (SSSR count). The average molecular weight is 334 g/mol. The van der Waals surface area contributed by atoms with Crippen LogP contribution >= 0.6 is 23.5 Å². The topological polar surface area (TPSA) is 45.7 Å². The van der Waals surface area contributed by atoms with Gasteiger partial charge in [-0.1, -0.05) is 6.92 Å². The summed E-state index contributed by atoms with van der Waals surface area (Å²) in [4.78, 5) is 4.35. The zero-order chi connectivity index (χ0) is 15.8. The minimum atomic E-state index is 0.214. The van der Waals surface area contributed by atoms with Gasteiger partial charge in [0.05, 0.1) is 0 Å². The third kappa shape index (κ3) is 6.70. The zero-order valence-electron chi connectivity index (χ0n) is 14.1. The van der Waals surface area contributed by atoms with Crippen LogP contribution in [-0.4, -0.2) is 60.8 Å². The second-order valence-corrected chi connectivity index (χ2v) is 9.22. The van der Waals surface area contributed by atoms with E-state index in [9.17, 15) is 0 Å². The molecule has 0 bridgehead atoms. The van der Waals surface area contributed by atoms with Gasteiger partial charge in [-0.3, -0.25) is 4.99 Å². The van der Waals surface area contributed by atoms with Crippen LogP contribution in [0.15, 0.2) is 4.99 Å². The fraction of sp³-hybridized carbons (Fsp3) is 0.933. The first-order valence-electron chi connectivity index (χ1n) is 7.68. The monoisotopic (exact) mass is 333 g/mol. The van der Waals surface area contributed by atoms with E-state index in [4.69, 9.17) is 4.74 Å². The van der Waals surface area contributed by atoms with Crippen molar-refractivity contribution < 1.29 is 4.74 Å². The molecule has 0 spiro atoms. The van der Waals surface area contributed by atoms with Crippen LogP contribution < -0.4 is 10.6 Å². The van der Waals surface area contributed by atoms with E-state index < -0.39 is 0 Å². The van der Waals surface area contributed by atoms with E-state index in [-0.39, 0.29) is 4.75 Å². The zero-order valence-corrected chi connectivity index (χ0v) is 15.8. The van der Waals surface area contributed by atoms with Crippen molar-refractivity contribution in [1.82, 2.24) is 10.6 Å². The van der Waals surface area contributed by atoms with Gasteiger partial charge in [0.2, 0.25) is 0 Å². The molecule has 6 heteroatoms. The summed E-state index contributed by atoms with van der Waals surface area (Å²) >= 11 is 3.92. The Morgan fingerprint density at radius 2 is 1.95 bits per heavy atom. The van der Waals surface area contributed by atoms with Crippen molar-refractivity contribution in [3.63, 3.8) is 0 Å². The first-order chi connectivity index (χ1) is 9.97. The van der Waals surface area contributed by atoms with Gasteiger partial charge in [-0.25, -0.2) is 0 Å². The fourth-order valence-electron chi connectivity index (χ4n) is 2.26. The van der Waals surface area contributed by atoms with Gasteiger partial charge >= 0.3 is 0 Å². The summed E-state index contributed by atoms with van der Waals surface area (Å²) in [5.41, 5.74) is 0. The molecule has 0 radical (unpaired) electrons. The molecule has 0 aromatic rings. The number of hydrogen-bond donors (Lipinski definition) is 2. The number of nitrogens with one attached hydrogen (secondary N) is 2. The van der Waals surface area contributed by atoms with Gasteiger partial charge in [0, 0.05) is 42.8 Å². The second kappa shape index (κ2) is 9.16. The van der Waals surface area contributed by atoms with Crippen molar-refractivity contribution in [3.05, 3.63) is 0 Å². The summed E-state index contributed by atoms with van der Waals surface area (Å²) < 4.78 is 6.03. The van der Waals surface area contributed by atoms with Crippen LogP contribution in [0.3, 0.4) is 0 Å². The van der Waals surface area contributed by atoms with E-state index in [1.807, 2.05) is 18.8 Å². The number of rotatable bonds is 7. The Morgan fingerprint density at radius 1 is 1.29 bits per heavy atom. The van der Waals surface area contributed by atoms with Crippen molar-refractivity contribution in [2.45, 2.75) is 43.1 Å². The molecule has 1 aliphatic rings. The summed E-state index contributed by atoms with van der Waals surface area (Å²) in [6.07, 6.45) is 4.38. The Morgan fingerprint density at radius 3 is 2.48 bits per heavy atom. The van der Waals surface area contributed by atoms with Crippen LogP contribution in [0.5, 0.6) is 0 Å². The predicted octanol–water partition coefficient (Wildman–Crippen LogP) is 2.60. The molecule has 2 N–H and O–H groups in total. The van der Waals surface area contributed by atoms with E-state index >= 15 is 0 Å². The Bertz CT molecular complexity index is 323. The van der Waals surface area contributed by atoms with Crippen molar-refractivity contribution >= 4 is 29.5 Å². The molecule has 0 amide bonds. The summed E-state index contributed by atoms with van der Waals surface area (Å²) in [5.74, 6) is 2.05. The lowest BCUT2D eigenvalue weighted by atomic mass is 9.99. The lowest BCUT2D eigenvalue weighted by Gasteiger charge is -2.37. The Hall–Kier alpha value is -0.0700. The lowest BCUT2D eigenvalue weighted by molar-refractivity contribution is 0.0782. The molecule has 0 aromatic carbocycles. The molecule has 1 heterocycles. The molecule has 1 aliphatic heterocycles. The normalized spacial score (nSPS) is 19.4. The Labute approximate surface area is 138 Å². The third-order valence-corrected chi connectivity index (χ3v) is 6.59. The molecule has 0 unspecified atom stereocenters. The minimum Gasteiger partial charge on any atom is -0.381 e. The number of nitrogens with zero attached hydrogens (tertiary/aromatic N) is 1. The molecule has 0 aromatic heterocycles. The third-order valence-electron chi connectivity index (χ3n) is 3.89. The fourth-order valence-corrected chi connectivity index (χ4v) is 3.71. The van der Waals surface area contributed by atoms with Crippen LogP contribution in [0.25, 0.3) is 0 Å². The van der Waals surface area contributed by atoms with Crippen molar-refractivity contribution in [1.29, 1.82) is 0 Å². The van der Waals surface area contributed by atoms with Crippen LogP contribution in [0.1, 0.15) is 33.6 Å². The highest BCUT2D eigenvalue weighted by molar-refractivity contribution is 8.00. The SMILES string of the molecule is CCSC1(CNC(=NC)NCC(C)(C)SC)CCOCC1. The molecular weight excluding hydrogens is 302 g/mol. The molecule has 21 heavy (non-hydrogen) atoms. The summed E-state index contributed by atoms with van der Waals surface area (Å²) in [7, 11) is 1.84. The Balaban J connectivity index is 2.49. The molecule has 0 aliphatic carbocycles. The maximum absolute atomic E-state index is 5.52. The van der Waals surface area contributed by atoms with E-state index in [1.54, 1.807) is 0 Å². The number of thioether (sulfide) groups is 2. The highest BCUT2D eigenvalue weighted by atomic mass is 32.2. The van der Waals surface area contributed by atoms with Gasteiger partial charge < -0.3 is 15.4 Å². The highest BCUT2D eigenvalue weighted by Crippen LogP contribution is 2.34. The second-order valence-electron chi connectivity index (χ2n) is 5.97. The maximum atomic E-state index is 5.52. The van der Waals surface area contributed by atoms with Gasteiger partial charge in [-0.15, -0.1) is 0 Å². The van der Waals surface area contributed by atoms with Gasteiger partial charge in [0.25, 0.3) is 0 Å². The van der Waals surface area contributed by atoms with Gasteiger partial charge in [0.15, 0.2) is 5.96 Å². The van der Waals surface area contributed by atoms with Gasteiger partial charge in [0.1, 0.15) is 0 Å². The smallest absolute Gasteiger partial charge is 0.191 e. The number of hydrogen-bond acceptors (Lipinski definition) is 4. The van der Waals surface area contributed by atoms with E-state index in [2.05, 4.69) is 54.4 Å². The predicted molar refractivity (Wildman–Crippen MR) is 97.9 cm³/mol. The van der Waals surface area contributed by atoms with Crippen LogP contribution in [0, 0.1) is 0 Å². The molecule has 1 fully saturated rings. The molecule has 4 nitrogen and oxygen atoms in total. The van der Waals surface area contributed by atoms with Crippen molar-refractivity contribution in [3.8, 4) is 0 Å². The molecule has 0 atom stereocenters. The van der Waals surface area contributed by atoms with Crippen molar-refractivity contribution in [2.75, 3.05) is 45.4 Å². The van der Waals surface area contributed by atoms with E-state index in [0.29, 0.717) is 4.75 Å².